The van der Waals surface area contributed by atoms with Gasteiger partial charge in [0.25, 0.3) is 0 Å². The predicted octanol–water partition coefficient (Wildman–Crippen LogP) is 3.54. The smallest absolute Gasteiger partial charge is 0.306 e. The Morgan fingerprint density at radius 2 is 1.81 bits per heavy atom. The highest BCUT2D eigenvalue weighted by molar-refractivity contribution is 7.14. The summed E-state index contributed by atoms with van der Waals surface area (Å²) in [6.07, 6.45) is -0.181. The topological polar surface area (TPSA) is 89.5 Å². The zero-order valence-corrected chi connectivity index (χ0v) is 15.7. The van der Waals surface area contributed by atoms with Gasteiger partial charge >= 0.3 is 5.97 Å². The SMILES string of the molecule is CC(=O)Nc1ccc(C(=O)COC(=O)CCC(=O)c2ccc(C)s2)c(F)c1. The summed E-state index contributed by atoms with van der Waals surface area (Å²) in [5.74, 6) is -2.79. The highest BCUT2D eigenvalue weighted by atomic mass is 32.1. The summed E-state index contributed by atoms with van der Waals surface area (Å²) in [6.45, 7) is 2.53. The van der Waals surface area contributed by atoms with Crippen molar-refractivity contribution in [3.8, 4) is 0 Å². The maximum atomic E-state index is 14.0. The zero-order valence-electron chi connectivity index (χ0n) is 14.8. The number of ketones is 2. The number of thiophene rings is 1. The summed E-state index contributed by atoms with van der Waals surface area (Å²) in [6, 6.07) is 7.12. The zero-order chi connectivity index (χ0) is 20.0. The van der Waals surface area contributed by atoms with Crippen LogP contribution < -0.4 is 5.32 Å². The first-order valence-electron chi connectivity index (χ1n) is 8.12. The molecule has 1 heterocycles. The molecule has 0 unspecified atom stereocenters. The Labute approximate surface area is 159 Å². The van der Waals surface area contributed by atoms with Crippen molar-refractivity contribution in [2.75, 3.05) is 11.9 Å². The Balaban J connectivity index is 1.83. The number of anilines is 1. The van der Waals surface area contributed by atoms with Crippen LogP contribution in [0.1, 0.15) is 44.7 Å². The highest BCUT2D eigenvalue weighted by Crippen LogP contribution is 2.18. The van der Waals surface area contributed by atoms with Crippen LogP contribution in [0.3, 0.4) is 0 Å². The molecule has 2 aromatic rings. The second-order valence-corrected chi connectivity index (χ2v) is 7.08. The normalized spacial score (nSPS) is 10.3. The van der Waals surface area contributed by atoms with Gasteiger partial charge in [-0.05, 0) is 37.3 Å². The van der Waals surface area contributed by atoms with Crippen LogP contribution in [0.2, 0.25) is 0 Å². The van der Waals surface area contributed by atoms with Crippen LogP contribution in [0.15, 0.2) is 30.3 Å². The summed E-state index contributed by atoms with van der Waals surface area (Å²) in [7, 11) is 0. The monoisotopic (exact) mass is 391 g/mol. The largest absolute Gasteiger partial charge is 0.457 e. The van der Waals surface area contributed by atoms with E-state index in [0.717, 1.165) is 10.9 Å². The molecule has 0 aliphatic heterocycles. The Hall–Kier alpha value is -2.87. The van der Waals surface area contributed by atoms with Gasteiger partial charge in [-0.3, -0.25) is 19.2 Å². The summed E-state index contributed by atoms with van der Waals surface area (Å²) in [5.41, 5.74) is -0.0297. The summed E-state index contributed by atoms with van der Waals surface area (Å²) < 4.78 is 18.8. The lowest BCUT2D eigenvalue weighted by Gasteiger charge is -2.07. The van der Waals surface area contributed by atoms with Crippen molar-refractivity contribution in [1.29, 1.82) is 0 Å². The number of esters is 1. The van der Waals surface area contributed by atoms with Crippen LogP contribution in [0, 0.1) is 12.7 Å². The number of hydrogen-bond acceptors (Lipinski definition) is 6. The molecule has 0 saturated heterocycles. The first-order chi connectivity index (χ1) is 12.8. The molecular weight excluding hydrogens is 373 g/mol. The average molecular weight is 391 g/mol. The molecule has 2 rings (SSSR count). The maximum Gasteiger partial charge on any atom is 0.306 e. The highest BCUT2D eigenvalue weighted by Gasteiger charge is 2.16. The number of rotatable bonds is 8. The first-order valence-corrected chi connectivity index (χ1v) is 8.93. The lowest BCUT2D eigenvalue weighted by molar-refractivity contribution is -0.142. The molecule has 0 aliphatic rings. The molecule has 0 bridgehead atoms. The van der Waals surface area contributed by atoms with E-state index in [1.807, 2.05) is 13.0 Å². The number of nitrogens with one attached hydrogen (secondary N) is 1. The average Bonchev–Trinajstić information content (AvgIpc) is 3.03. The Kier molecular flexibility index (Phi) is 6.95. The summed E-state index contributed by atoms with van der Waals surface area (Å²) in [4.78, 5) is 48.1. The van der Waals surface area contributed by atoms with Crippen molar-refractivity contribution in [2.45, 2.75) is 26.7 Å². The number of benzene rings is 1. The van der Waals surface area contributed by atoms with Crippen LogP contribution >= 0.6 is 11.3 Å². The molecule has 0 aliphatic carbocycles. The lowest BCUT2D eigenvalue weighted by Crippen LogP contribution is -2.16. The van der Waals surface area contributed by atoms with Crippen molar-refractivity contribution in [3.05, 3.63) is 51.5 Å². The maximum absolute atomic E-state index is 14.0. The van der Waals surface area contributed by atoms with Crippen molar-refractivity contribution >= 4 is 40.5 Å². The van der Waals surface area contributed by atoms with Gasteiger partial charge in [0.2, 0.25) is 11.7 Å². The van der Waals surface area contributed by atoms with E-state index in [1.165, 1.54) is 30.4 Å². The standard InChI is InChI=1S/C19H18FNO5S/c1-11-3-7-18(27-11)16(23)6-8-19(25)26-10-17(24)14-5-4-13(9-15(14)20)21-12(2)22/h3-5,7,9H,6,8,10H2,1-2H3,(H,21,22). The molecule has 6 nitrogen and oxygen atoms in total. The molecule has 0 fully saturated rings. The first kappa shape index (κ1) is 20.4. The van der Waals surface area contributed by atoms with Crippen LogP contribution in [-0.4, -0.2) is 30.0 Å². The Morgan fingerprint density at radius 1 is 1.07 bits per heavy atom. The number of amides is 1. The van der Waals surface area contributed by atoms with Gasteiger partial charge in [-0.25, -0.2) is 4.39 Å². The minimum absolute atomic E-state index is 0.0211. The van der Waals surface area contributed by atoms with Gasteiger partial charge in [0.05, 0.1) is 16.9 Å². The predicted molar refractivity (Wildman–Crippen MR) is 98.6 cm³/mol. The van der Waals surface area contributed by atoms with Crippen molar-refractivity contribution in [2.24, 2.45) is 0 Å². The number of Topliss-reactive ketones (excluding diaryl/α,β-unsaturated/α-hetero) is 2. The van der Waals surface area contributed by atoms with Crippen LogP contribution in [0.4, 0.5) is 10.1 Å². The lowest BCUT2D eigenvalue weighted by atomic mass is 10.1. The number of hydrogen-bond donors (Lipinski definition) is 1. The number of ether oxygens (including phenoxy) is 1. The van der Waals surface area contributed by atoms with Gasteiger partial charge in [-0.2, -0.15) is 0 Å². The molecule has 0 spiro atoms. The molecule has 1 N–H and O–H groups in total. The fourth-order valence-electron chi connectivity index (χ4n) is 2.24. The van der Waals surface area contributed by atoms with E-state index in [2.05, 4.69) is 5.32 Å². The van der Waals surface area contributed by atoms with E-state index in [1.54, 1.807) is 6.07 Å². The van der Waals surface area contributed by atoms with Crippen molar-refractivity contribution in [3.63, 3.8) is 0 Å². The van der Waals surface area contributed by atoms with Gasteiger partial charge in [0.15, 0.2) is 12.4 Å². The molecule has 27 heavy (non-hydrogen) atoms. The van der Waals surface area contributed by atoms with Gasteiger partial charge in [-0.15, -0.1) is 11.3 Å². The second kappa shape index (κ2) is 9.18. The van der Waals surface area contributed by atoms with E-state index < -0.39 is 24.2 Å². The number of carbonyl (C=O) groups is 4. The van der Waals surface area contributed by atoms with E-state index in [4.69, 9.17) is 4.74 Å². The fourth-order valence-corrected chi connectivity index (χ4v) is 3.08. The molecule has 1 aromatic carbocycles. The Bertz CT molecular complexity index is 890. The summed E-state index contributed by atoms with van der Waals surface area (Å²) in [5, 5.41) is 2.40. The van der Waals surface area contributed by atoms with Crippen LogP contribution in [0.25, 0.3) is 0 Å². The molecule has 142 valence electrons. The van der Waals surface area contributed by atoms with E-state index in [0.29, 0.717) is 4.88 Å². The number of halogens is 1. The van der Waals surface area contributed by atoms with E-state index >= 15 is 0 Å². The minimum atomic E-state index is -0.828. The summed E-state index contributed by atoms with van der Waals surface area (Å²) >= 11 is 1.35. The molecule has 1 aromatic heterocycles. The third-order valence-electron chi connectivity index (χ3n) is 3.53. The van der Waals surface area contributed by atoms with Crippen LogP contribution in [-0.2, 0) is 14.3 Å². The minimum Gasteiger partial charge on any atom is -0.457 e. The van der Waals surface area contributed by atoms with E-state index in [9.17, 15) is 23.6 Å². The molecule has 0 saturated carbocycles. The Morgan fingerprint density at radius 3 is 2.41 bits per heavy atom. The molecular formula is C19H18FNO5S. The molecule has 0 radical (unpaired) electrons. The van der Waals surface area contributed by atoms with Gasteiger partial charge < -0.3 is 10.1 Å². The van der Waals surface area contributed by atoms with Crippen molar-refractivity contribution in [1.82, 2.24) is 0 Å². The quantitative estimate of drug-likeness (QED) is 0.549. The second-order valence-electron chi connectivity index (χ2n) is 5.79. The van der Waals surface area contributed by atoms with Crippen molar-refractivity contribution < 1.29 is 28.3 Å². The number of aryl methyl sites for hydroxylation is 1. The molecule has 8 heteroatoms. The molecule has 1 amide bonds. The fraction of sp³-hybridized carbons (Fsp3) is 0.263. The van der Waals surface area contributed by atoms with Gasteiger partial charge in [0, 0.05) is 23.9 Å². The van der Waals surface area contributed by atoms with Gasteiger partial charge in [-0.1, -0.05) is 0 Å². The number of carbonyl (C=O) groups excluding carboxylic acids is 4. The van der Waals surface area contributed by atoms with E-state index in [-0.39, 0.29) is 35.8 Å². The third-order valence-corrected chi connectivity index (χ3v) is 4.57. The third kappa shape index (κ3) is 6.10. The molecule has 0 atom stereocenters. The van der Waals surface area contributed by atoms with Gasteiger partial charge in [0.1, 0.15) is 5.82 Å². The van der Waals surface area contributed by atoms with Crippen LogP contribution in [0.5, 0.6) is 0 Å².